The van der Waals surface area contributed by atoms with Gasteiger partial charge in [-0.3, -0.25) is 0 Å². The second-order valence-corrected chi connectivity index (χ2v) is 28.1. The third-order valence-corrected chi connectivity index (χ3v) is 20.7. The van der Waals surface area contributed by atoms with Crippen molar-refractivity contribution in [1.29, 1.82) is 0 Å². The Balaban J connectivity index is 0.000000168. The quantitative estimate of drug-likeness (QED) is 0.0250. The summed E-state index contributed by atoms with van der Waals surface area (Å²) < 4.78 is 151. The second kappa shape index (κ2) is 30.4. The Bertz CT molecular complexity index is 3050. The molecule has 0 radical (unpaired) electrons. The fraction of sp³-hybridized carbons (Fsp3) is 0.403. The van der Waals surface area contributed by atoms with Gasteiger partial charge in [-0.2, -0.15) is 17.6 Å². The number of hydrogen-bond donors (Lipinski definition) is 3. The van der Waals surface area contributed by atoms with E-state index in [0.717, 1.165) is 80.7 Å². The summed E-state index contributed by atoms with van der Waals surface area (Å²) in [7, 11) is -1.08. The molecule has 14 rings (SSSR count). The maximum atomic E-state index is 13.2. The van der Waals surface area contributed by atoms with Gasteiger partial charge in [-0.1, -0.05) is 19.0 Å². The number of benzene rings is 6. The minimum atomic E-state index is -3.64. The lowest BCUT2D eigenvalue weighted by molar-refractivity contribution is -0.209. The van der Waals surface area contributed by atoms with E-state index in [0.29, 0.717) is 63.2 Å². The zero-order chi connectivity index (χ0) is 66.1. The van der Waals surface area contributed by atoms with Crippen LogP contribution in [0, 0.1) is 58.6 Å². The van der Waals surface area contributed by atoms with E-state index < -0.39 is 87.1 Å². The number of carboxylic acid groups (broad SMARTS) is 1. The summed E-state index contributed by atoms with van der Waals surface area (Å²) in [5.41, 5.74) is -2.66. The van der Waals surface area contributed by atoms with Crippen molar-refractivity contribution in [2.24, 2.45) is 23.7 Å². The lowest BCUT2D eigenvalue weighted by Crippen LogP contribution is -2.60. The molecule has 496 valence electrons. The Morgan fingerprint density at radius 1 is 0.446 bits per heavy atom. The number of rotatable bonds is 13. The SMILES string of the molecule is C.CC(F)(F)C(=O)O.CC(F)(F)C(=O)OCOC(=O)OC12CC3CC(CC(O)(C3)C1)C2.Fc1ccc([S+](c2ccc(F)cc2)c2ccc(F)cc2)cc1.Fc1ccc([S+](c2ccc(F)cc2)c2ccc(F)cc2)cc1.O=C(OCCl)OC12CC3CC(CC(O)(C3)C1)C2. The number of carbonyl (C=O) groups is 4. The van der Waals surface area contributed by atoms with Crippen molar-refractivity contribution < 1.29 is 102 Å². The standard InChI is InChI=1S/2C18H12F3S.C15H20F2O6.C12H17ClO4.C3H4F2O2.CH4/c2*19-13-1-7-16(8-2-13)22(17-9-3-14(20)4-10-17)18-11-5-15(21)6-12-18;1-13(16,17)11(18)21-8-22-12(19)23-15-5-9-2-10(6-15)4-14(20,3-9)7-15;13-7-16-10(14)17-12-4-8-1-9(5-12)3-11(15,2-8)6-12;1-3(4,5)2(6)7;/h2*1-12H;9-10,20H,2-8H2,1H3;8-9,15H,1-7H2;1H3,(H,6,7);1H4/q2*+1;;;;. The molecule has 92 heavy (non-hydrogen) atoms. The molecule has 12 nitrogen and oxygen atoms in total. The molecule has 4 atom stereocenters. The fourth-order valence-electron chi connectivity index (χ4n) is 13.5. The van der Waals surface area contributed by atoms with Gasteiger partial charge in [-0.15, -0.1) is 0 Å². The van der Waals surface area contributed by atoms with E-state index >= 15 is 0 Å². The lowest BCUT2D eigenvalue weighted by atomic mass is 9.52. The second-order valence-electron chi connectivity index (χ2n) is 23.8. The molecule has 8 fully saturated rings. The van der Waals surface area contributed by atoms with Gasteiger partial charge in [0.25, 0.3) is 0 Å². The first kappa shape index (κ1) is 72.4. The Kier molecular flexibility index (Phi) is 23.9. The molecule has 6 aromatic carbocycles. The van der Waals surface area contributed by atoms with E-state index in [1.165, 1.54) is 72.8 Å². The Labute approximate surface area is 536 Å². The Morgan fingerprint density at radius 2 is 0.685 bits per heavy atom. The molecule has 3 N–H and O–H groups in total. The average molecular weight is 1360 g/mol. The van der Waals surface area contributed by atoms with Gasteiger partial charge in [0.1, 0.15) is 46.1 Å². The van der Waals surface area contributed by atoms with Gasteiger partial charge in [0.15, 0.2) is 35.4 Å². The maximum absolute atomic E-state index is 13.2. The van der Waals surface area contributed by atoms with Crippen molar-refractivity contribution in [3.8, 4) is 0 Å². The van der Waals surface area contributed by atoms with E-state index in [4.69, 9.17) is 26.2 Å². The van der Waals surface area contributed by atoms with E-state index in [1.54, 1.807) is 72.8 Å². The van der Waals surface area contributed by atoms with Crippen LogP contribution in [0.15, 0.2) is 175 Å². The first-order valence-electron chi connectivity index (χ1n) is 28.7. The topological polar surface area (TPSA) is 175 Å². The molecular formula is C67H69ClF10O12S2+2. The molecule has 0 heterocycles. The molecule has 0 aliphatic heterocycles. The highest BCUT2D eigenvalue weighted by Crippen LogP contribution is 2.60. The van der Waals surface area contributed by atoms with Crippen LogP contribution in [-0.2, 0) is 55.1 Å². The molecule has 25 heteroatoms. The van der Waals surface area contributed by atoms with Crippen LogP contribution in [-0.4, -0.2) is 86.7 Å². The molecule has 4 unspecified atom stereocenters. The van der Waals surface area contributed by atoms with Gasteiger partial charge >= 0.3 is 36.1 Å². The summed E-state index contributed by atoms with van der Waals surface area (Å²) >= 11 is 5.34. The molecule has 0 saturated heterocycles. The highest BCUT2D eigenvalue weighted by Gasteiger charge is 2.61. The smallest absolute Gasteiger partial charge is 0.477 e. The number of aliphatic carboxylic acids is 1. The van der Waals surface area contributed by atoms with Crippen LogP contribution < -0.4 is 0 Å². The summed E-state index contributed by atoms with van der Waals surface area (Å²) in [5, 5.41) is 28.5. The molecule has 8 bridgehead atoms. The van der Waals surface area contributed by atoms with Crippen LogP contribution in [0.1, 0.15) is 98.3 Å². The molecular weight excluding hydrogens is 1290 g/mol. The molecule has 0 aromatic heterocycles. The number of esters is 1. The largest absolute Gasteiger partial charge is 0.511 e. The van der Waals surface area contributed by atoms with Crippen LogP contribution in [0.25, 0.3) is 0 Å². The van der Waals surface area contributed by atoms with E-state index in [-0.39, 0.29) is 48.4 Å². The van der Waals surface area contributed by atoms with E-state index in [2.05, 4.69) is 14.2 Å². The van der Waals surface area contributed by atoms with Gasteiger partial charge in [-0.25, -0.2) is 45.5 Å². The number of hydrogen-bond acceptors (Lipinski definition) is 11. The third-order valence-electron chi connectivity index (χ3n) is 16.1. The van der Waals surface area contributed by atoms with Crippen molar-refractivity contribution in [2.45, 2.75) is 162 Å². The summed E-state index contributed by atoms with van der Waals surface area (Å²) in [6, 6.07) is 36.9. The molecule has 8 saturated carbocycles. The van der Waals surface area contributed by atoms with Crippen LogP contribution in [0.2, 0.25) is 0 Å². The summed E-state index contributed by atoms with van der Waals surface area (Å²) in [4.78, 5) is 48.6. The van der Waals surface area contributed by atoms with Crippen molar-refractivity contribution in [1.82, 2.24) is 0 Å². The zero-order valence-electron chi connectivity index (χ0n) is 49.1. The molecule has 8 aliphatic rings. The maximum Gasteiger partial charge on any atom is 0.511 e. The van der Waals surface area contributed by atoms with Crippen molar-refractivity contribution in [2.75, 3.05) is 12.9 Å². The first-order chi connectivity index (χ1) is 42.8. The first-order valence-corrected chi connectivity index (χ1v) is 31.7. The van der Waals surface area contributed by atoms with Gasteiger partial charge in [0, 0.05) is 26.7 Å². The van der Waals surface area contributed by atoms with Crippen molar-refractivity contribution in [3.05, 3.63) is 180 Å². The molecule has 0 amide bonds. The number of carbonyl (C=O) groups excluding carboxylic acids is 3. The monoisotopic (exact) mass is 1350 g/mol. The molecule has 8 aliphatic carbocycles. The number of ether oxygens (including phenoxy) is 5. The Morgan fingerprint density at radius 3 is 0.891 bits per heavy atom. The average Bonchev–Trinajstić information content (AvgIpc) is 0.738. The summed E-state index contributed by atoms with van der Waals surface area (Å²) in [6.45, 7) is -0.201. The minimum Gasteiger partial charge on any atom is -0.477 e. The van der Waals surface area contributed by atoms with Gasteiger partial charge in [0.2, 0.25) is 6.79 Å². The zero-order valence-corrected chi connectivity index (χ0v) is 51.4. The van der Waals surface area contributed by atoms with Crippen LogP contribution in [0.4, 0.5) is 53.5 Å². The highest BCUT2D eigenvalue weighted by atomic mass is 35.5. The lowest BCUT2D eigenvalue weighted by Gasteiger charge is -2.58. The number of carboxylic acids is 1. The summed E-state index contributed by atoms with van der Waals surface area (Å²) in [6.07, 6.45) is 7.61. The Hall–Kier alpha value is -6.99. The minimum absolute atomic E-state index is 0. The normalized spacial score (nSPS) is 24.3. The molecule has 6 aromatic rings. The van der Waals surface area contributed by atoms with E-state index in [9.17, 15) is 73.3 Å². The summed E-state index contributed by atoms with van der Waals surface area (Å²) in [5.74, 6) is -11.3. The van der Waals surface area contributed by atoms with Crippen LogP contribution >= 0.6 is 11.6 Å². The van der Waals surface area contributed by atoms with Gasteiger partial charge < -0.3 is 39.0 Å². The third kappa shape index (κ3) is 19.8. The van der Waals surface area contributed by atoms with Crippen LogP contribution in [0.3, 0.4) is 0 Å². The fourth-order valence-corrected chi connectivity index (χ4v) is 17.6. The van der Waals surface area contributed by atoms with Gasteiger partial charge in [-0.05, 0) is 233 Å². The van der Waals surface area contributed by atoms with E-state index in [1.807, 2.05) is 0 Å². The van der Waals surface area contributed by atoms with Gasteiger partial charge in [0.05, 0.1) is 33.0 Å². The molecule has 0 spiro atoms. The number of aliphatic hydroxyl groups is 2. The predicted molar refractivity (Wildman–Crippen MR) is 320 cm³/mol. The van der Waals surface area contributed by atoms with Crippen molar-refractivity contribution >= 4 is 57.6 Å². The highest BCUT2D eigenvalue weighted by molar-refractivity contribution is 7.97. The predicted octanol–water partition coefficient (Wildman–Crippen LogP) is 16.6. The van der Waals surface area contributed by atoms with Crippen LogP contribution in [0.5, 0.6) is 0 Å². The van der Waals surface area contributed by atoms with Crippen molar-refractivity contribution in [3.63, 3.8) is 0 Å². The number of alkyl halides is 5. The number of halogens is 11.